The highest BCUT2D eigenvalue weighted by Gasteiger charge is 2.11. The van der Waals surface area contributed by atoms with Gasteiger partial charge in [0.2, 0.25) is 0 Å². The Morgan fingerprint density at radius 3 is 2.64 bits per heavy atom. The molecule has 1 heterocycles. The van der Waals surface area contributed by atoms with Crippen molar-refractivity contribution in [2.45, 2.75) is 0 Å². The van der Waals surface area contributed by atoms with Crippen LogP contribution in [0.1, 0.15) is 0 Å². The van der Waals surface area contributed by atoms with Crippen LogP contribution in [-0.2, 0) is 0 Å². The van der Waals surface area contributed by atoms with E-state index in [1.54, 1.807) is 0 Å². The third kappa shape index (κ3) is 1.22. The van der Waals surface area contributed by atoms with E-state index in [0.29, 0.717) is 6.07 Å². The van der Waals surface area contributed by atoms with Crippen molar-refractivity contribution in [3.05, 3.63) is 40.3 Å². The number of hydrogen-bond acceptors (Lipinski definition) is 3. The molecule has 14 heavy (non-hydrogen) atoms. The van der Waals surface area contributed by atoms with Gasteiger partial charge in [0.1, 0.15) is 11.6 Å². The second-order valence-corrected chi connectivity index (χ2v) is 2.72. The second kappa shape index (κ2) is 2.80. The Labute approximate surface area is 76.2 Å². The van der Waals surface area contributed by atoms with Gasteiger partial charge < -0.3 is 9.52 Å². The zero-order chi connectivity index (χ0) is 10.3. The lowest BCUT2D eigenvalue weighted by atomic mass is 10.1. The minimum atomic E-state index is -0.971. The molecule has 3 nitrogen and oxygen atoms in total. The first kappa shape index (κ1) is 8.68. The summed E-state index contributed by atoms with van der Waals surface area (Å²) in [6, 6.07) is 2.44. The molecular formula is C9H4F2O3. The summed E-state index contributed by atoms with van der Waals surface area (Å²) in [7, 11) is 0. The van der Waals surface area contributed by atoms with Crippen molar-refractivity contribution in [2.24, 2.45) is 0 Å². The standard InChI is InChI=1S/C9H4F2O3/c10-5-1-4-2-7(12)14-9(13)8(4)6(11)3-5/h1-3,13H. The predicted octanol–water partition coefficient (Wildman–Crippen LogP) is 1.78. The average Bonchev–Trinajstić information content (AvgIpc) is 1.99. The summed E-state index contributed by atoms with van der Waals surface area (Å²) in [6.45, 7) is 0. The molecule has 1 aromatic heterocycles. The normalized spacial score (nSPS) is 10.7. The predicted molar refractivity (Wildman–Crippen MR) is 44.1 cm³/mol. The molecule has 0 aliphatic rings. The van der Waals surface area contributed by atoms with Gasteiger partial charge in [-0.1, -0.05) is 0 Å². The van der Waals surface area contributed by atoms with Gasteiger partial charge in [0, 0.05) is 17.5 Å². The Balaban J connectivity index is 3.01. The Hall–Kier alpha value is -1.91. The van der Waals surface area contributed by atoms with Crippen LogP contribution in [0.4, 0.5) is 8.78 Å². The molecule has 0 fully saturated rings. The van der Waals surface area contributed by atoms with Crippen LogP contribution in [0.15, 0.2) is 27.4 Å². The van der Waals surface area contributed by atoms with Crippen molar-refractivity contribution in [2.75, 3.05) is 0 Å². The summed E-state index contributed by atoms with van der Waals surface area (Å²) in [5.74, 6) is -2.63. The first-order chi connectivity index (χ1) is 6.58. The van der Waals surface area contributed by atoms with Crippen LogP contribution in [0.5, 0.6) is 5.95 Å². The molecule has 1 aromatic carbocycles. The van der Waals surface area contributed by atoms with Gasteiger partial charge in [0.05, 0.1) is 5.39 Å². The maximum absolute atomic E-state index is 13.1. The van der Waals surface area contributed by atoms with E-state index in [1.807, 2.05) is 0 Å². The first-order valence-electron chi connectivity index (χ1n) is 3.70. The van der Waals surface area contributed by atoms with E-state index in [1.165, 1.54) is 0 Å². The molecule has 0 atom stereocenters. The highest BCUT2D eigenvalue weighted by Crippen LogP contribution is 2.25. The lowest BCUT2D eigenvalue weighted by molar-refractivity contribution is 0.315. The average molecular weight is 198 g/mol. The Kier molecular flexibility index (Phi) is 1.73. The molecule has 0 saturated heterocycles. The lowest BCUT2D eigenvalue weighted by Gasteiger charge is -1.99. The third-order valence-electron chi connectivity index (χ3n) is 1.77. The summed E-state index contributed by atoms with van der Waals surface area (Å²) in [5.41, 5.74) is -0.861. The Morgan fingerprint density at radius 1 is 1.21 bits per heavy atom. The third-order valence-corrected chi connectivity index (χ3v) is 1.77. The van der Waals surface area contributed by atoms with E-state index in [9.17, 15) is 13.6 Å². The zero-order valence-electron chi connectivity index (χ0n) is 6.75. The number of aromatic hydroxyl groups is 1. The molecule has 2 aromatic rings. The van der Waals surface area contributed by atoms with Crippen molar-refractivity contribution in [3.63, 3.8) is 0 Å². The van der Waals surface area contributed by atoms with Crippen LogP contribution in [0.2, 0.25) is 0 Å². The molecule has 0 spiro atoms. The summed E-state index contributed by atoms with van der Waals surface area (Å²) in [6.07, 6.45) is 0. The molecule has 0 aliphatic heterocycles. The summed E-state index contributed by atoms with van der Waals surface area (Å²) in [5, 5.41) is 8.76. The van der Waals surface area contributed by atoms with Crippen LogP contribution < -0.4 is 5.63 Å². The fourth-order valence-corrected chi connectivity index (χ4v) is 1.24. The number of benzene rings is 1. The summed E-state index contributed by atoms with van der Waals surface area (Å²) >= 11 is 0. The van der Waals surface area contributed by atoms with Gasteiger partial charge in [-0.15, -0.1) is 0 Å². The maximum atomic E-state index is 13.1. The van der Waals surface area contributed by atoms with E-state index in [-0.39, 0.29) is 10.8 Å². The SMILES string of the molecule is O=c1cc2cc(F)cc(F)c2c(O)o1. The molecule has 0 aliphatic carbocycles. The highest BCUT2D eigenvalue weighted by molar-refractivity contribution is 5.86. The van der Waals surface area contributed by atoms with Gasteiger partial charge in [0.25, 0.3) is 5.95 Å². The van der Waals surface area contributed by atoms with Crippen molar-refractivity contribution in [1.82, 2.24) is 0 Å². The molecule has 0 unspecified atom stereocenters. The quantitative estimate of drug-likeness (QED) is 0.701. The number of fused-ring (bicyclic) bond motifs is 1. The zero-order valence-corrected chi connectivity index (χ0v) is 6.75. The molecule has 2 rings (SSSR count). The molecular weight excluding hydrogens is 194 g/mol. The van der Waals surface area contributed by atoms with Gasteiger partial charge in [-0.2, -0.15) is 0 Å². The highest BCUT2D eigenvalue weighted by atomic mass is 19.1. The Bertz CT molecular complexity index is 560. The fraction of sp³-hybridized carbons (Fsp3) is 0. The molecule has 0 amide bonds. The maximum Gasteiger partial charge on any atom is 0.339 e. The number of halogens is 2. The molecule has 1 N–H and O–H groups in total. The van der Waals surface area contributed by atoms with Gasteiger partial charge in [-0.3, -0.25) is 0 Å². The van der Waals surface area contributed by atoms with Crippen molar-refractivity contribution < 1.29 is 18.3 Å². The van der Waals surface area contributed by atoms with E-state index < -0.39 is 23.2 Å². The van der Waals surface area contributed by atoms with Gasteiger partial charge in [0.15, 0.2) is 0 Å². The van der Waals surface area contributed by atoms with Crippen LogP contribution in [0.3, 0.4) is 0 Å². The number of rotatable bonds is 0. The van der Waals surface area contributed by atoms with E-state index in [2.05, 4.69) is 4.42 Å². The van der Waals surface area contributed by atoms with Gasteiger partial charge in [-0.25, -0.2) is 13.6 Å². The van der Waals surface area contributed by atoms with E-state index in [4.69, 9.17) is 5.11 Å². The smallest absolute Gasteiger partial charge is 0.339 e. The first-order valence-corrected chi connectivity index (χ1v) is 3.70. The van der Waals surface area contributed by atoms with E-state index >= 15 is 0 Å². The molecule has 5 heteroatoms. The van der Waals surface area contributed by atoms with Crippen molar-refractivity contribution >= 4 is 10.8 Å². The largest absolute Gasteiger partial charge is 0.480 e. The second-order valence-electron chi connectivity index (χ2n) is 2.72. The summed E-state index contributed by atoms with van der Waals surface area (Å²) < 4.78 is 30.0. The topological polar surface area (TPSA) is 50.4 Å². The molecule has 72 valence electrons. The fourth-order valence-electron chi connectivity index (χ4n) is 1.24. The monoisotopic (exact) mass is 198 g/mol. The molecule has 0 saturated carbocycles. The van der Waals surface area contributed by atoms with E-state index in [0.717, 1.165) is 12.1 Å². The minimum Gasteiger partial charge on any atom is -0.480 e. The van der Waals surface area contributed by atoms with Gasteiger partial charge in [-0.05, 0) is 6.07 Å². The van der Waals surface area contributed by atoms with Crippen molar-refractivity contribution in [3.8, 4) is 5.95 Å². The molecule has 0 radical (unpaired) electrons. The number of hydrogen-bond donors (Lipinski definition) is 1. The van der Waals surface area contributed by atoms with Crippen LogP contribution in [-0.4, -0.2) is 5.11 Å². The minimum absolute atomic E-state index is 0.0312. The van der Waals surface area contributed by atoms with Crippen LogP contribution in [0, 0.1) is 11.6 Å². The van der Waals surface area contributed by atoms with Crippen LogP contribution >= 0.6 is 0 Å². The lowest BCUT2D eigenvalue weighted by Crippen LogP contribution is -1.97. The van der Waals surface area contributed by atoms with Crippen LogP contribution in [0.25, 0.3) is 10.8 Å². The Morgan fingerprint density at radius 2 is 1.93 bits per heavy atom. The molecule has 0 bridgehead atoms. The summed E-state index contributed by atoms with van der Waals surface area (Å²) in [4.78, 5) is 10.8. The van der Waals surface area contributed by atoms with Gasteiger partial charge >= 0.3 is 5.63 Å². The van der Waals surface area contributed by atoms with Crippen molar-refractivity contribution in [1.29, 1.82) is 0 Å².